The van der Waals surface area contributed by atoms with Crippen molar-refractivity contribution in [3.8, 4) is 11.5 Å². The first kappa shape index (κ1) is 17.5. The smallest absolute Gasteiger partial charge is 0.231 e. The highest BCUT2D eigenvalue weighted by Gasteiger charge is 2.66. The lowest BCUT2D eigenvalue weighted by molar-refractivity contribution is -0.136. The zero-order chi connectivity index (χ0) is 20.3. The topological polar surface area (TPSA) is 90.0 Å². The number of carbonyl (C=O) groups is 2. The second-order valence-electron chi connectivity index (χ2n) is 8.01. The number of likely N-dealkylation sites (tertiary alicyclic amines) is 1. The molecular weight excluding hydrogens is 386 g/mol. The van der Waals surface area contributed by atoms with Crippen molar-refractivity contribution in [2.45, 2.75) is 18.2 Å². The molecule has 4 aliphatic rings. The normalized spacial score (nSPS) is 30.1. The van der Waals surface area contributed by atoms with E-state index in [-0.39, 0.29) is 18.6 Å². The molecule has 30 heavy (non-hydrogen) atoms. The fourth-order valence-corrected chi connectivity index (χ4v) is 4.92. The van der Waals surface area contributed by atoms with Crippen molar-refractivity contribution >= 4 is 17.5 Å². The van der Waals surface area contributed by atoms with Crippen LogP contribution in [0.4, 0.5) is 5.69 Å². The summed E-state index contributed by atoms with van der Waals surface area (Å²) in [6, 6.07) is 9.02. The van der Waals surface area contributed by atoms with Crippen LogP contribution in [0.1, 0.15) is 5.56 Å². The van der Waals surface area contributed by atoms with Gasteiger partial charge in [0.25, 0.3) is 0 Å². The Morgan fingerprint density at radius 3 is 2.90 bits per heavy atom. The van der Waals surface area contributed by atoms with Gasteiger partial charge in [-0.25, -0.2) is 0 Å². The fraction of sp³-hybridized carbons (Fsp3) is 0.318. The van der Waals surface area contributed by atoms with E-state index in [4.69, 9.17) is 14.2 Å². The van der Waals surface area contributed by atoms with Crippen LogP contribution in [0.25, 0.3) is 0 Å². The van der Waals surface area contributed by atoms with E-state index < -0.39 is 23.5 Å². The Balaban J connectivity index is 1.24. The Labute approximate surface area is 172 Å². The fourth-order valence-electron chi connectivity index (χ4n) is 4.92. The number of amides is 2. The minimum atomic E-state index is -0.730. The first-order chi connectivity index (χ1) is 14.6. The van der Waals surface area contributed by atoms with Crippen LogP contribution < -0.4 is 14.8 Å². The number of aromatic nitrogens is 1. The zero-order valence-corrected chi connectivity index (χ0v) is 16.0. The van der Waals surface area contributed by atoms with Gasteiger partial charge in [-0.05, 0) is 29.8 Å². The molecular formula is C22H19N3O5. The van der Waals surface area contributed by atoms with Gasteiger partial charge in [-0.2, -0.15) is 0 Å². The molecule has 4 aliphatic heterocycles. The third-order valence-electron chi connectivity index (χ3n) is 6.24. The Morgan fingerprint density at radius 1 is 1.20 bits per heavy atom. The lowest BCUT2D eigenvalue weighted by atomic mass is 9.77. The molecule has 4 atom stereocenters. The van der Waals surface area contributed by atoms with Gasteiger partial charge in [-0.3, -0.25) is 14.6 Å². The van der Waals surface area contributed by atoms with Crippen LogP contribution in [0.15, 0.2) is 54.9 Å². The summed E-state index contributed by atoms with van der Waals surface area (Å²) in [6.45, 7) is 1.08. The lowest BCUT2D eigenvalue weighted by Crippen LogP contribution is -2.41. The maximum absolute atomic E-state index is 13.3. The number of benzene rings is 1. The van der Waals surface area contributed by atoms with E-state index in [9.17, 15) is 9.59 Å². The number of nitrogens with one attached hydrogen (secondary N) is 1. The molecule has 0 unspecified atom stereocenters. The van der Waals surface area contributed by atoms with Crippen LogP contribution >= 0.6 is 0 Å². The van der Waals surface area contributed by atoms with E-state index in [1.54, 1.807) is 35.5 Å². The minimum absolute atomic E-state index is 0.0514. The Morgan fingerprint density at radius 2 is 2.03 bits per heavy atom. The molecule has 1 N–H and O–H groups in total. The molecule has 5 heterocycles. The number of hydrogen-bond donors (Lipinski definition) is 1. The highest BCUT2D eigenvalue weighted by molar-refractivity contribution is 5.99. The zero-order valence-electron chi connectivity index (χ0n) is 16.0. The molecule has 8 heteroatoms. The average molecular weight is 405 g/mol. The number of nitrogens with zero attached hydrogens (tertiary/aromatic N) is 2. The van der Waals surface area contributed by atoms with Gasteiger partial charge in [-0.1, -0.05) is 12.2 Å². The van der Waals surface area contributed by atoms with E-state index in [1.807, 2.05) is 24.3 Å². The largest absolute Gasteiger partial charge is 0.454 e. The molecule has 6 rings (SSSR count). The molecule has 0 saturated carbocycles. The van der Waals surface area contributed by atoms with Gasteiger partial charge in [0, 0.05) is 30.7 Å². The van der Waals surface area contributed by atoms with Crippen molar-refractivity contribution in [1.82, 2.24) is 9.88 Å². The van der Waals surface area contributed by atoms with Gasteiger partial charge in [-0.15, -0.1) is 0 Å². The van der Waals surface area contributed by atoms with Gasteiger partial charge in [0.15, 0.2) is 11.5 Å². The summed E-state index contributed by atoms with van der Waals surface area (Å²) in [4.78, 5) is 32.2. The van der Waals surface area contributed by atoms with Gasteiger partial charge in [0.1, 0.15) is 5.60 Å². The monoisotopic (exact) mass is 405 g/mol. The third-order valence-corrected chi connectivity index (χ3v) is 6.24. The number of carbonyl (C=O) groups excluding carboxylic acids is 2. The summed E-state index contributed by atoms with van der Waals surface area (Å²) in [6.07, 6.45) is 6.88. The summed E-state index contributed by atoms with van der Waals surface area (Å²) >= 11 is 0. The number of fused-ring (bicyclic) bond motifs is 2. The number of anilines is 1. The van der Waals surface area contributed by atoms with Crippen molar-refractivity contribution in [2.24, 2.45) is 11.8 Å². The van der Waals surface area contributed by atoms with Crippen molar-refractivity contribution in [2.75, 3.05) is 18.7 Å². The average Bonchev–Trinajstić information content (AvgIpc) is 3.50. The quantitative estimate of drug-likeness (QED) is 0.780. The van der Waals surface area contributed by atoms with Crippen molar-refractivity contribution in [3.05, 3.63) is 60.4 Å². The van der Waals surface area contributed by atoms with Crippen molar-refractivity contribution in [3.63, 3.8) is 0 Å². The second kappa shape index (κ2) is 6.30. The molecule has 2 aromatic rings. The summed E-state index contributed by atoms with van der Waals surface area (Å²) < 4.78 is 16.9. The molecule has 152 valence electrons. The Kier molecular flexibility index (Phi) is 3.67. The molecule has 1 spiro atoms. The van der Waals surface area contributed by atoms with E-state index in [2.05, 4.69) is 10.3 Å². The van der Waals surface area contributed by atoms with E-state index >= 15 is 0 Å². The summed E-state index contributed by atoms with van der Waals surface area (Å²) in [5.74, 6) is -0.137. The number of ether oxygens (including phenoxy) is 3. The predicted molar refractivity (Wildman–Crippen MR) is 105 cm³/mol. The first-order valence-electron chi connectivity index (χ1n) is 9.88. The molecule has 2 fully saturated rings. The van der Waals surface area contributed by atoms with Gasteiger partial charge >= 0.3 is 0 Å². The van der Waals surface area contributed by atoms with Crippen LogP contribution in [-0.2, 0) is 20.9 Å². The lowest BCUT2D eigenvalue weighted by Gasteiger charge is -2.23. The van der Waals surface area contributed by atoms with E-state index in [1.165, 1.54) is 0 Å². The number of pyridine rings is 1. The summed E-state index contributed by atoms with van der Waals surface area (Å²) in [7, 11) is 0. The van der Waals surface area contributed by atoms with Gasteiger partial charge in [0.2, 0.25) is 18.6 Å². The number of rotatable bonds is 4. The number of hydrogen-bond acceptors (Lipinski definition) is 6. The first-order valence-corrected chi connectivity index (χ1v) is 9.88. The van der Waals surface area contributed by atoms with Crippen LogP contribution in [0, 0.1) is 11.8 Å². The maximum atomic E-state index is 13.3. The highest BCUT2D eigenvalue weighted by Crippen LogP contribution is 2.52. The summed E-state index contributed by atoms with van der Waals surface area (Å²) in [5.41, 5.74) is 0.866. The van der Waals surface area contributed by atoms with Crippen LogP contribution in [0.3, 0.4) is 0 Å². The Hall–Kier alpha value is -3.39. The third kappa shape index (κ3) is 2.53. The van der Waals surface area contributed by atoms with Crippen molar-refractivity contribution < 1.29 is 23.8 Å². The SMILES string of the molecule is O=C(Nc1ccc2c(c1)OCO2)[C@H]1[C@@H]2C=C[C@]3(CN(Cc4ccncc4)C(=O)[C@@H]13)O2. The van der Waals surface area contributed by atoms with Gasteiger partial charge < -0.3 is 24.4 Å². The van der Waals surface area contributed by atoms with Crippen molar-refractivity contribution in [1.29, 1.82) is 0 Å². The molecule has 1 aromatic carbocycles. The molecule has 2 bridgehead atoms. The molecule has 0 aliphatic carbocycles. The van der Waals surface area contributed by atoms with Gasteiger partial charge in [0.05, 0.1) is 24.5 Å². The molecule has 8 nitrogen and oxygen atoms in total. The molecule has 0 radical (unpaired) electrons. The van der Waals surface area contributed by atoms with Crippen LogP contribution in [0.2, 0.25) is 0 Å². The molecule has 1 aromatic heterocycles. The van der Waals surface area contributed by atoms with E-state index in [0.717, 1.165) is 5.56 Å². The van der Waals surface area contributed by atoms with Crippen LogP contribution in [-0.4, -0.2) is 46.7 Å². The predicted octanol–water partition coefficient (Wildman–Crippen LogP) is 1.73. The molecule has 2 saturated heterocycles. The maximum Gasteiger partial charge on any atom is 0.231 e. The standard InChI is InChI=1S/C22H19N3O5/c26-20(24-14-1-2-15-17(9-14)29-12-28-15)18-16-3-6-22(30-16)11-25(21(27)19(18)22)10-13-4-7-23-8-5-13/h1-9,16,18-19H,10-12H2,(H,24,26)/t16-,18-,19+,22+/m0/s1. The minimum Gasteiger partial charge on any atom is -0.454 e. The second-order valence-corrected chi connectivity index (χ2v) is 8.01. The van der Waals surface area contributed by atoms with Crippen LogP contribution in [0.5, 0.6) is 11.5 Å². The Bertz CT molecular complexity index is 1070. The van der Waals surface area contributed by atoms with E-state index in [0.29, 0.717) is 30.3 Å². The highest BCUT2D eigenvalue weighted by atomic mass is 16.7. The molecule has 2 amide bonds. The summed E-state index contributed by atoms with van der Waals surface area (Å²) in [5, 5.41) is 2.93.